The van der Waals surface area contributed by atoms with Crippen molar-refractivity contribution < 1.29 is 4.39 Å². The Balaban J connectivity index is 3.11. The van der Waals surface area contributed by atoms with Crippen molar-refractivity contribution in [1.82, 2.24) is 5.43 Å². The van der Waals surface area contributed by atoms with Crippen LogP contribution in [0.5, 0.6) is 0 Å². The van der Waals surface area contributed by atoms with Crippen molar-refractivity contribution in [2.75, 3.05) is 0 Å². The molecule has 3 N–H and O–H groups in total. The lowest BCUT2D eigenvalue weighted by molar-refractivity contribution is 0.609. The van der Waals surface area contributed by atoms with Crippen LogP contribution in [0.1, 0.15) is 25.5 Å². The van der Waals surface area contributed by atoms with Crippen LogP contribution in [0.4, 0.5) is 4.39 Å². The summed E-state index contributed by atoms with van der Waals surface area (Å²) in [5.41, 5.74) is 4.55. The van der Waals surface area contributed by atoms with Crippen molar-refractivity contribution >= 4 is 15.9 Å². The summed E-state index contributed by atoms with van der Waals surface area (Å²) in [4.78, 5) is 0. The number of hydrogen-bond donors (Lipinski definition) is 2. The van der Waals surface area contributed by atoms with E-state index in [1.165, 1.54) is 12.1 Å². The van der Waals surface area contributed by atoms with Crippen molar-refractivity contribution in [2.24, 2.45) is 5.84 Å². The second-order valence-electron chi connectivity index (χ2n) is 3.55. The number of hydrogen-bond acceptors (Lipinski definition) is 2. The maximum absolute atomic E-state index is 13.1. The van der Waals surface area contributed by atoms with Crippen LogP contribution in [0, 0.1) is 5.82 Å². The van der Waals surface area contributed by atoms with Gasteiger partial charge in [-0.3, -0.25) is 5.84 Å². The highest BCUT2D eigenvalue weighted by molar-refractivity contribution is 9.10. The van der Waals surface area contributed by atoms with Crippen LogP contribution in [0.2, 0.25) is 0 Å². The Bertz CT molecular complexity index is 373. The zero-order valence-corrected chi connectivity index (χ0v) is 10.3. The largest absolute Gasteiger partial charge is 0.271 e. The molecule has 0 aromatic heterocycles. The van der Waals surface area contributed by atoms with Gasteiger partial charge in [0.2, 0.25) is 0 Å². The lowest BCUT2D eigenvalue weighted by Crippen LogP contribution is -2.27. The van der Waals surface area contributed by atoms with Gasteiger partial charge >= 0.3 is 0 Å². The highest BCUT2D eigenvalue weighted by Crippen LogP contribution is 2.25. The van der Waals surface area contributed by atoms with Gasteiger partial charge in [0.25, 0.3) is 0 Å². The molecule has 4 heteroatoms. The normalized spacial score (nSPS) is 12.3. The first-order valence-corrected chi connectivity index (χ1v) is 5.40. The van der Waals surface area contributed by atoms with E-state index in [-0.39, 0.29) is 11.9 Å². The first-order valence-electron chi connectivity index (χ1n) is 4.60. The van der Waals surface area contributed by atoms with Gasteiger partial charge in [-0.15, -0.1) is 0 Å². The van der Waals surface area contributed by atoms with Crippen LogP contribution in [0.25, 0.3) is 0 Å². The van der Waals surface area contributed by atoms with Gasteiger partial charge in [-0.1, -0.05) is 27.6 Å². The summed E-state index contributed by atoms with van der Waals surface area (Å²) in [6, 6.07) is 4.37. The zero-order chi connectivity index (χ0) is 11.4. The van der Waals surface area contributed by atoms with E-state index in [0.29, 0.717) is 0 Å². The standard InChI is InChI=1S/C11H14BrFN2/c1-7(2)5-11(15-14)9-6-8(13)3-4-10(9)12/h3-6,11,15H,14H2,1-2H3. The third-order valence-corrected chi connectivity index (χ3v) is 2.69. The van der Waals surface area contributed by atoms with Gasteiger partial charge in [0.15, 0.2) is 0 Å². The van der Waals surface area contributed by atoms with Crippen LogP contribution < -0.4 is 11.3 Å². The number of hydrazine groups is 1. The summed E-state index contributed by atoms with van der Waals surface area (Å²) in [6.45, 7) is 3.94. The van der Waals surface area contributed by atoms with E-state index in [1.54, 1.807) is 6.07 Å². The zero-order valence-electron chi connectivity index (χ0n) is 8.72. The molecule has 0 amide bonds. The molecule has 0 radical (unpaired) electrons. The number of nitrogens with one attached hydrogen (secondary N) is 1. The van der Waals surface area contributed by atoms with Crippen molar-refractivity contribution in [1.29, 1.82) is 0 Å². The highest BCUT2D eigenvalue weighted by atomic mass is 79.9. The van der Waals surface area contributed by atoms with Gasteiger partial charge in [0, 0.05) is 4.47 Å². The molecule has 0 aliphatic carbocycles. The molecular weight excluding hydrogens is 259 g/mol. The van der Waals surface area contributed by atoms with Crippen LogP contribution in [0.3, 0.4) is 0 Å². The van der Waals surface area contributed by atoms with E-state index in [9.17, 15) is 4.39 Å². The fraction of sp³-hybridized carbons (Fsp3) is 0.273. The van der Waals surface area contributed by atoms with Gasteiger partial charge in [0.1, 0.15) is 5.82 Å². The molecular formula is C11H14BrFN2. The highest BCUT2D eigenvalue weighted by Gasteiger charge is 2.11. The van der Waals surface area contributed by atoms with Crippen LogP contribution in [-0.2, 0) is 0 Å². The van der Waals surface area contributed by atoms with E-state index in [2.05, 4.69) is 21.4 Å². The van der Waals surface area contributed by atoms with E-state index in [0.717, 1.165) is 15.6 Å². The Labute approximate surface area is 97.5 Å². The minimum Gasteiger partial charge on any atom is -0.271 e. The predicted octanol–water partition coefficient (Wildman–Crippen LogP) is 3.06. The van der Waals surface area contributed by atoms with Gasteiger partial charge in [-0.25, -0.2) is 9.82 Å². The molecule has 0 saturated heterocycles. The Hall–Kier alpha value is -0.710. The van der Waals surface area contributed by atoms with Crippen molar-refractivity contribution in [2.45, 2.75) is 19.9 Å². The Morgan fingerprint density at radius 1 is 1.53 bits per heavy atom. The Kier molecular flexibility index (Phi) is 4.45. The maximum atomic E-state index is 13.1. The number of benzene rings is 1. The topological polar surface area (TPSA) is 38.0 Å². The summed E-state index contributed by atoms with van der Waals surface area (Å²) in [7, 11) is 0. The molecule has 1 aromatic carbocycles. The van der Waals surface area contributed by atoms with Crippen molar-refractivity contribution in [3.8, 4) is 0 Å². The average molecular weight is 273 g/mol. The second kappa shape index (κ2) is 5.39. The van der Waals surface area contributed by atoms with Gasteiger partial charge in [-0.2, -0.15) is 0 Å². The summed E-state index contributed by atoms with van der Waals surface area (Å²) >= 11 is 3.37. The second-order valence-corrected chi connectivity index (χ2v) is 4.41. The number of halogens is 2. The molecule has 1 atom stereocenters. The van der Waals surface area contributed by atoms with Gasteiger partial charge < -0.3 is 0 Å². The van der Waals surface area contributed by atoms with Gasteiger partial charge in [0.05, 0.1) is 6.04 Å². The van der Waals surface area contributed by atoms with E-state index >= 15 is 0 Å². The molecule has 1 aromatic rings. The first-order chi connectivity index (χ1) is 7.04. The summed E-state index contributed by atoms with van der Waals surface area (Å²) in [5.74, 6) is 5.17. The van der Waals surface area contributed by atoms with Crippen molar-refractivity contribution in [3.05, 3.63) is 45.7 Å². The molecule has 0 spiro atoms. The molecule has 0 aliphatic rings. The van der Waals surface area contributed by atoms with Crippen LogP contribution in [0.15, 0.2) is 34.3 Å². The molecule has 0 aliphatic heterocycles. The summed E-state index contributed by atoms with van der Waals surface area (Å²) in [6.07, 6.45) is 1.94. The summed E-state index contributed by atoms with van der Waals surface area (Å²) in [5, 5.41) is 0. The smallest absolute Gasteiger partial charge is 0.123 e. The van der Waals surface area contributed by atoms with E-state index < -0.39 is 0 Å². The minimum absolute atomic E-state index is 0.180. The molecule has 1 rings (SSSR count). The van der Waals surface area contributed by atoms with E-state index in [4.69, 9.17) is 5.84 Å². The molecule has 1 unspecified atom stereocenters. The number of nitrogens with two attached hydrogens (primary N) is 1. The third-order valence-electron chi connectivity index (χ3n) is 1.97. The molecule has 15 heavy (non-hydrogen) atoms. The average Bonchev–Trinajstić information content (AvgIpc) is 2.18. The molecule has 0 saturated carbocycles. The fourth-order valence-corrected chi connectivity index (χ4v) is 1.81. The molecule has 0 fully saturated rings. The lowest BCUT2D eigenvalue weighted by Gasteiger charge is -2.14. The molecule has 0 bridgehead atoms. The fourth-order valence-electron chi connectivity index (χ4n) is 1.31. The Morgan fingerprint density at radius 3 is 2.73 bits per heavy atom. The van der Waals surface area contributed by atoms with Gasteiger partial charge in [-0.05, 0) is 37.6 Å². The Morgan fingerprint density at radius 2 is 2.20 bits per heavy atom. The lowest BCUT2D eigenvalue weighted by atomic mass is 10.1. The van der Waals surface area contributed by atoms with Crippen molar-refractivity contribution in [3.63, 3.8) is 0 Å². The quantitative estimate of drug-likeness (QED) is 0.504. The van der Waals surface area contributed by atoms with Crippen LogP contribution in [-0.4, -0.2) is 0 Å². The minimum atomic E-state index is -0.268. The SMILES string of the molecule is CC(C)=CC(NN)c1cc(F)ccc1Br. The summed E-state index contributed by atoms with van der Waals surface area (Å²) < 4.78 is 13.9. The molecule has 0 heterocycles. The predicted molar refractivity (Wildman–Crippen MR) is 63.6 cm³/mol. The monoisotopic (exact) mass is 272 g/mol. The van der Waals surface area contributed by atoms with E-state index in [1.807, 2.05) is 19.9 Å². The number of rotatable bonds is 3. The molecule has 2 nitrogen and oxygen atoms in total. The van der Waals surface area contributed by atoms with Crippen LogP contribution >= 0.6 is 15.9 Å². The maximum Gasteiger partial charge on any atom is 0.123 e. The first kappa shape index (κ1) is 12.4. The number of allylic oxidation sites excluding steroid dienone is 1. The molecule has 82 valence electrons. The third kappa shape index (κ3) is 3.41.